The zero-order valence-corrected chi connectivity index (χ0v) is 16.1. The van der Waals surface area contributed by atoms with Gasteiger partial charge in [0.05, 0.1) is 36.1 Å². The van der Waals surface area contributed by atoms with Crippen molar-refractivity contribution in [3.05, 3.63) is 42.6 Å². The minimum absolute atomic E-state index is 0.0535. The molecule has 1 saturated carbocycles. The Bertz CT molecular complexity index is 1080. The molecule has 4 rings (SSSR count). The van der Waals surface area contributed by atoms with E-state index < -0.39 is 5.91 Å². The van der Waals surface area contributed by atoms with E-state index >= 15 is 0 Å². The maximum absolute atomic E-state index is 12.0. The Balaban J connectivity index is 1.64. The normalized spacial score (nSPS) is 18.9. The molecular formula is C20H22N8O. The number of nitrogens with one attached hydrogen (secondary N) is 1. The van der Waals surface area contributed by atoms with Gasteiger partial charge in [0.15, 0.2) is 5.82 Å². The number of nitrogens with zero attached hydrogens (tertiary/aromatic N) is 6. The molecule has 1 aliphatic carbocycles. The standard InChI is InChI=1S/C20H22N8O/c1-27-11-15(9-24-27)14-6-16(10-23-8-14)25-20-17(19(22)29)12-28(26-20)18-5-3-2-4-13(18)7-21/h6,8-13,18H,2-5H2,1H3,(H2,22,29)(H,25,26)/t13-,18+/m1/s1. The van der Waals surface area contributed by atoms with Crippen LogP contribution in [-0.4, -0.2) is 30.5 Å². The van der Waals surface area contributed by atoms with Gasteiger partial charge >= 0.3 is 0 Å². The summed E-state index contributed by atoms with van der Waals surface area (Å²) >= 11 is 0. The van der Waals surface area contributed by atoms with Gasteiger partial charge in [-0.05, 0) is 18.9 Å². The molecule has 0 bridgehead atoms. The zero-order chi connectivity index (χ0) is 20.4. The van der Waals surface area contributed by atoms with Crippen molar-refractivity contribution in [3.8, 4) is 17.2 Å². The van der Waals surface area contributed by atoms with Crippen molar-refractivity contribution in [2.45, 2.75) is 31.7 Å². The lowest BCUT2D eigenvalue weighted by Gasteiger charge is -2.26. The summed E-state index contributed by atoms with van der Waals surface area (Å²) in [5.41, 5.74) is 8.37. The van der Waals surface area contributed by atoms with Gasteiger partial charge in [-0.1, -0.05) is 12.8 Å². The summed E-state index contributed by atoms with van der Waals surface area (Å²) < 4.78 is 3.44. The smallest absolute Gasteiger partial charge is 0.254 e. The lowest BCUT2D eigenvalue weighted by atomic mass is 9.85. The Kier molecular flexibility index (Phi) is 4.99. The summed E-state index contributed by atoms with van der Waals surface area (Å²) in [5, 5.41) is 21.4. The largest absolute Gasteiger partial charge is 0.365 e. The van der Waals surface area contributed by atoms with Crippen LogP contribution in [0.15, 0.2) is 37.1 Å². The van der Waals surface area contributed by atoms with Gasteiger partial charge in [0.1, 0.15) is 5.56 Å². The van der Waals surface area contributed by atoms with Gasteiger partial charge in [0.25, 0.3) is 5.91 Å². The van der Waals surface area contributed by atoms with E-state index in [1.165, 1.54) is 0 Å². The molecule has 0 aromatic carbocycles. The van der Waals surface area contributed by atoms with Crippen LogP contribution in [0.4, 0.5) is 11.5 Å². The highest BCUT2D eigenvalue weighted by atomic mass is 16.1. The highest BCUT2D eigenvalue weighted by Gasteiger charge is 2.29. The number of aromatic nitrogens is 5. The van der Waals surface area contributed by atoms with E-state index in [1.807, 2.05) is 19.3 Å². The molecular weight excluding hydrogens is 368 g/mol. The number of carbonyl (C=O) groups is 1. The molecule has 0 unspecified atom stereocenters. The molecule has 1 amide bonds. The van der Waals surface area contributed by atoms with Crippen molar-refractivity contribution in [3.63, 3.8) is 0 Å². The van der Waals surface area contributed by atoms with Crippen LogP contribution in [-0.2, 0) is 7.05 Å². The number of amides is 1. The number of pyridine rings is 1. The van der Waals surface area contributed by atoms with Gasteiger partial charge in [-0.25, -0.2) is 0 Å². The first-order chi connectivity index (χ1) is 14.0. The highest BCUT2D eigenvalue weighted by Crippen LogP contribution is 2.34. The number of carbonyl (C=O) groups excluding carboxylic acids is 1. The fourth-order valence-corrected chi connectivity index (χ4v) is 3.79. The molecule has 1 aliphatic rings. The van der Waals surface area contributed by atoms with Gasteiger partial charge in [0, 0.05) is 36.8 Å². The van der Waals surface area contributed by atoms with Crippen LogP contribution in [0.1, 0.15) is 42.1 Å². The van der Waals surface area contributed by atoms with E-state index in [9.17, 15) is 10.1 Å². The van der Waals surface area contributed by atoms with E-state index in [2.05, 4.69) is 26.6 Å². The Labute approximate surface area is 168 Å². The number of nitrogens with two attached hydrogens (primary N) is 1. The second-order valence-corrected chi connectivity index (χ2v) is 7.31. The van der Waals surface area contributed by atoms with Crippen molar-refractivity contribution in [2.24, 2.45) is 18.7 Å². The van der Waals surface area contributed by atoms with Crippen molar-refractivity contribution < 1.29 is 4.79 Å². The summed E-state index contributed by atoms with van der Waals surface area (Å²) in [6.45, 7) is 0. The van der Waals surface area contributed by atoms with Crippen molar-refractivity contribution in [1.82, 2.24) is 24.5 Å². The molecule has 0 saturated heterocycles. The van der Waals surface area contributed by atoms with E-state index in [0.717, 1.165) is 36.8 Å². The minimum atomic E-state index is -0.570. The predicted molar refractivity (Wildman–Crippen MR) is 107 cm³/mol. The number of hydrogen-bond donors (Lipinski definition) is 2. The Morgan fingerprint density at radius 1 is 1.24 bits per heavy atom. The predicted octanol–water partition coefficient (Wildman–Crippen LogP) is 2.78. The first-order valence-corrected chi connectivity index (χ1v) is 9.55. The molecule has 3 heterocycles. The van der Waals surface area contributed by atoms with E-state index in [4.69, 9.17) is 5.73 Å². The Morgan fingerprint density at radius 3 is 2.79 bits per heavy atom. The molecule has 1 fully saturated rings. The molecule has 0 spiro atoms. The number of rotatable bonds is 5. The summed E-state index contributed by atoms with van der Waals surface area (Å²) in [7, 11) is 1.85. The Morgan fingerprint density at radius 2 is 2.07 bits per heavy atom. The summed E-state index contributed by atoms with van der Waals surface area (Å²) in [5.74, 6) is -0.322. The molecule has 9 nitrogen and oxygen atoms in total. The monoisotopic (exact) mass is 390 g/mol. The average Bonchev–Trinajstić information content (AvgIpc) is 3.35. The summed E-state index contributed by atoms with van der Waals surface area (Å²) in [4.78, 5) is 16.3. The van der Waals surface area contributed by atoms with Crippen molar-refractivity contribution in [2.75, 3.05) is 5.32 Å². The SMILES string of the molecule is Cn1cc(-c2cncc(Nc3nn([C@H]4CCCC[C@@H]4C#N)cc3C(N)=O)c2)cn1. The lowest BCUT2D eigenvalue weighted by molar-refractivity contribution is 0.100. The molecule has 3 aromatic heterocycles. The number of primary amides is 1. The van der Waals surface area contributed by atoms with Crippen LogP contribution in [0.2, 0.25) is 0 Å². The van der Waals surface area contributed by atoms with Crippen LogP contribution in [0.5, 0.6) is 0 Å². The summed E-state index contributed by atoms with van der Waals surface area (Å²) in [6.07, 6.45) is 12.5. The van der Waals surface area contributed by atoms with Crippen LogP contribution in [0, 0.1) is 17.2 Å². The second-order valence-electron chi connectivity index (χ2n) is 7.31. The van der Waals surface area contributed by atoms with Crippen molar-refractivity contribution in [1.29, 1.82) is 5.26 Å². The molecule has 2 atom stereocenters. The number of hydrogen-bond acceptors (Lipinski definition) is 6. The summed E-state index contributed by atoms with van der Waals surface area (Å²) in [6, 6.07) is 4.23. The number of nitriles is 1. The zero-order valence-electron chi connectivity index (χ0n) is 16.1. The molecule has 0 radical (unpaired) electrons. The fourth-order valence-electron chi connectivity index (χ4n) is 3.79. The van der Waals surface area contributed by atoms with Gasteiger partial charge in [-0.3, -0.25) is 19.1 Å². The second kappa shape index (κ2) is 7.75. The van der Waals surface area contributed by atoms with Gasteiger partial charge in [-0.2, -0.15) is 15.5 Å². The third kappa shape index (κ3) is 3.82. The van der Waals surface area contributed by atoms with E-state index in [1.54, 1.807) is 34.2 Å². The fraction of sp³-hybridized carbons (Fsp3) is 0.350. The van der Waals surface area contributed by atoms with Gasteiger partial charge < -0.3 is 11.1 Å². The maximum atomic E-state index is 12.0. The van der Waals surface area contributed by atoms with Crippen molar-refractivity contribution >= 4 is 17.4 Å². The van der Waals surface area contributed by atoms with Crippen LogP contribution < -0.4 is 11.1 Å². The van der Waals surface area contributed by atoms with Gasteiger partial charge in [-0.15, -0.1) is 0 Å². The van der Waals surface area contributed by atoms with Gasteiger partial charge in [0.2, 0.25) is 0 Å². The number of aryl methyl sites for hydroxylation is 1. The molecule has 3 N–H and O–H groups in total. The maximum Gasteiger partial charge on any atom is 0.254 e. The van der Waals surface area contributed by atoms with E-state index in [-0.39, 0.29) is 12.0 Å². The average molecular weight is 390 g/mol. The first kappa shape index (κ1) is 18.7. The lowest BCUT2D eigenvalue weighted by Crippen LogP contribution is -2.22. The molecule has 9 heteroatoms. The van der Waals surface area contributed by atoms with Crippen LogP contribution in [0.3, 0.4) is 0 Å². The van der Waals surface area contributed by atoms with E-state index in [0.29, 0.717) is 17.1 Å². The molecule has 0 aliphatic heterocycles. The quantitative estimate of drug-likeness (QED) is 0.689. The molecule has 148 valence electrons. The third-order valence-electron chi connectivity index (χ3n) is 5.27. The number of anilines is 2. The molecule has 3 aromatic rings. The Hall–Kier alpha value is -3.67. The topological polar surface area (TPSA) is 127 Å². The molecule has 29 heavy (non-hydrogen) atoms. The van der Waals surface area contributed by atoms with Crippen LogP contribution >= 0.6 is 0 Å². The first-order valence-electron chi connectivity index (χ1n) is 9.55. The third-order valence-corrected chi connectivity index (χ3v) is 5.27. The highest BCUT2D eigenvalue weighted by molar-refractivity contribution is 5.98. The van der Waals surface area contributed by atoms with Crippen LogP contribution in [0.25, 0.3) is 11.1 Å². The minimum Gasteiger partial charge on any atom is -0.365 e.